The van der Waals surface area contributed by atoms with Crippen molar-refractivity contribution in [3.8, 4) is 11.1 Å². The van der Waals surface area contributed by atoms with Crippen LogP contribution in [0.4, 0.5) is 5.69 Å². The molecule has 218 valence electrons. The van der Waals surface area contributed by atoms with E-state index in [9.17, 15) is 0 Å². The average Bonchev–Trinajstić information content (AvgIpc) is 3.13. The average molecular weight is 589 g/mol. The van der Waals surface area contributed by atoms with E-state index >= 15 is 0 Å². The highest BCUT2D eigenvalue weighted by Gasteiger charge is 2.24. The fraction of sp³-hybridized carbons (Fsp3) is 0.0682. The minimum atomic E-state index is 0.0529. The Kier molecular flexibility index (Phi) is 6.38. The van der Waals surface area contributed by atoms with Crippen LogP contribution in [-0.2, 0) is 0 Å². The molecule has 0 radical (unpaired) electrons. The topological polar surface area (TPSA) is 24.9 Å². The second-order valence-corrected chi connectivity index (χ2v) is 12.4. The van der Waals surface area contributed by atoms with Crippen molar-refractivity contribution in [2.75, 3.05) is 5.32 Å². The number of nitrogens with zero attached hydrogens (tertiary/aromatic N) is 1. The molecule has 0 spiro atoms. The van der Waals surface area contributed by atoms with Gasteiger partial charge >= 0.3 is 0 Å². The van der Waals surface area contributed by atoms with Crippen LogP contribution in [0, 0.1) is 0 Å². The molecule has 1 aliphatic carbocycles. The Morgan fingerprint density at radius 2 is 1.26 bits per heavy atom. The second kappa shape index (κ2) is 11.0. The van der Waals surface area contributed by atoms with Gasteiger partial charge in [0.25, 0.3) is 0 Å². The molecule has 7 aromatic rings. The number of hydrogen-bond donors (Lipinski definition) is 1. The van der Waals surface area contributed by atoms with Gasteiger partial charge in [0.15, 0.2) is 0 Å². The maximum Gasteiger partial charge on any atom is 0.0709 e. The van der Waals surface area contributed by atoms with Gasteiger partial charge in [-0.3, -0.25) is 0 Å². The predicted octanol–water partition coefficient (Wildman–Crippen LogP) is 11.6. The quantitative estimate of drug-likeness (QED) is 0.221. The van der Waals surface area contributed by atoms with E-state index in [0.717, 1.165) is 29.7 Å². The lowest BCUT2D eigenvalue weighted by molar-refractivity contribution is 0.972. The molecule has 2 aliphatic rings. The summed E-state index contributed by atoms with van der Waals surface area (Å²) in [5.41, 5.74) is 12.0. The van der Waals surface area contributed by atoms with Crippen LogP contribution < -0.4 is 5.32 Å². The lowest BCUT2D eigenvalue weighted by atomic mass is 9.83. The van der Waals surface area contributed by atoms with Gasteiger partial charge in [-0.1, -0.05) is 109 Å². The molecule has 0 amide bonds. The molecule has 0 fully saturated rings. The van der Waals surface area contributed by atoms with Gasteiger partial charge in [-0.2, -0.15) is 0 Å². The first-order valence-corrected chi connectivity index (χ1v) is 16.1. The maximum atomic E-state index is 5.07. The Morgan fingerprint density at radius 3 is 2.11 bits per heavy atom. The first-order valence-electron chi connectivity index (χ1n) is 16.1. The maximum absolute atomic E-state index is 5.07. The summed E-state index contributed by atoms with van der Waals surface area (Å²) in [4.78, 5) is 5.07. The number of aromatic nitrogens is 1. The van der Waals surface area contributed by atoms with E-state index in [0.29, 0.717) is 0 Å². The van der Waals surface area contributed by atoms with Gasteiger partial charge in [0.2, 0.25) is 0 Å². The summed E-state index contributed by atoms with van der Waals surface area (Å²) in [5.74, 6) is 0. The zero-order chi connectivity index (χ0) is 30.5. The predicted molar refractivity (Wildman–Crippen MR) is 195 cm³/mol. The molecule has 2 nitrogen and oxygen atoms in total. The van der Waals surface area contributed by atoms with E-state index in [4.69, 9.17) is 4.98 Å². The lowest BCUT2D eigenvalue weighted by Gasteiger charge is -2.29. The summed E-state index contributed by atoms with van der Waals surface area (Å²) in [6, 6.07) is 50.5. The van der Waals surface area contributed by atoms with Crippen molar-refractivity contribution in [1.82, 2.24) is 4.98 Å². The first kappa shape index (κ1) is 26.7. The van der Waals surface area contributed by atoms with Crippen LogP contribution in [-0.4, -0.2) is 4.98 Å². The molecule has 2 heterocycles. The van der Waals surface area contributed by atoms with Gasteiger partial charge in [-0.05, 0) is 116 Å². The molecule has 1 aromatic heterocycles. The zero-order valence-corrected chi connectivity index (χ0v) is 25.4. The highest BCUT2D eigenvalue weighted by Crippen LogP contribution is 2.43. The Morgan fingerprint density at radius 1 is 0.587 bits per heavy atom. The van der Waals surface area contributed by atoms with Gasteiger partial charge in [-0.25, -0.2) is 4.98 Å². The lowest BCUT2D eigenvalue weighted by Crippen LogP contribution is -2.15. The highest BCUT2D eigenvalue weighted by atomic mass is 14.9. The van der Waals surface area contributed by atoms with Crippen molar-refractivity contribution in [2.24, 2.45) is 0 Å². The summed E-state index contributed by atoms with van der Waals surface area (Å²) in [6.45, 7) is 0. The van der Waals surface area contributed by atoms with E-state index in [1.165, 1.54) is 65.9 Å². The van der Waals surface area contributed by atoms with Crippen LogP contribution in [0.1, 0.15) is 35.7 Å². The van der Waals surface area contributed by atoms with Crippen molar-refractivity contribution < 1.29 is 0 Å². The smallest absolute Gasteiger partial charge is 0.0709 e. The number of anilines is 1. The van der Waals surface area contributed by atoms with Gasteiger partial charge < -0.3 is 5.32 Å². The normalized spacial score (nSPS) is 16.0. The number of allylic oxidation sites excluding steroid dienone is 5. The monoisotopic (exact) mass is 588 g/mol. The molecule has 1 aliphatic heterocycles. The number of hydrogen-bond acceptors (Lipinski definition) is 2. The van der Waals surface area contributed by atoms with Gasteiger partial charge in [0.05, 0.1) is 17.3 Å². The summed E-state index contributed by atoms with van der Waals surface area (Å²) < 4.78 is 0. The molecule has 46 heavy (non-hydrogen) atoms. The standard InChI is InChI=1S/C44H32N2/c1-3-11-32-24-34(18-16-29(32)8-1)35-21-23-43-40(27-35)39(28-44(46-43)38-19-17-30-9-2-4-12-33(30)25-38)36-13-7-14-37(26-36)42-22-20-31-10-5-6-15-41(31)45-42/h1-6,8-13,15-28,44,46H,7,14H2. The molecule has 0 saturated heterocycles. The Hall–Kier alpha value is -5.73. The Bertz CT molecular complexity index is 2410. The van der Waals surface area contributed by atoms with E-state index in [-0.39, 0.29) is 6.04 Å². The molecular weight excluding hydrogens is 556 g/mol. The summed E-state index contributed by atoms with van der Waals surface area (Å²) in [6.07, 6.45) is 9.18. The number of para-hydroxylation sites is 1. The van der Waals surface area contributed by atoms with Crippen LogP contribution in [0.25, 0.3) is 54.7 Å². The third-order valence-electron chi connectivity index (χ3n) is 9.52. The third-order valence-corrected chi connectivity index (χ3v) is 9.52. The van der Waals surface area contributed by atoms with Gasteiger partial charge in [-0.15, -0.1) is 0 Å². The van der Waals surface area contributed by atoms with Crippen molar-refractivity contribution in [2.45, 2.75) is 18.9 Å². The van der Waals surface area contributed by atoms with Crippen molar-refractivity contribution in [1.29, 1.82) is 0 Å². The van der Waals surface area contributed by atoms with Crippen molar-refractivity contribution in [3.63, 3.8) is 0 Å². The molecule has 2 heteroatoms. The Labute approximate surface area is 269 Å². The number of fused-ring (bicyclic) bond motifs is 4. The minimum absolute atomic E-state index is 0.0529. The number of rotatable bonds is 4. The largest absolute Gasteiger partial charge is 0.374 e. The minimum Gasteiger partial charge on any atom is -0.374 e. The van der Waals surface area contributed by atoms with Gasteiger partial charge in [0.1, 0.15) is 0 Å². The molecule has 0 saturated carbocycles. The van der Waals surface area contributed by atoms with Crippen LogP contribution in [0.15, 0.2) is 163 Å². The second-order valence-electron chi connectivity index (χ2n) is 12.4. The number of nitrogens with one attached hydrogen (secondary N) is 1. The Balaban J connectivity index is 1.17. The molecule has 9 rings (SSSR count). The summed E-state index contributed by atoms with van der Waals surface area (Å²) in [7, 11) is 0. The zero-order valence-electron chi connectivity index (χ0n) is 25.4. The fourth-order valence-electron chi connectivity index (χ4n) is 7.08. The highest BCUT2D eigenvalue weighted by molar-refractivity contribution is 5.96. The van der Waals surface area contributed by atoms with E-state index < -0.39 is 0 Å². The van der Waals surface area contributed by atoms with E-state index in [1.54, 1.807) is 0 Å². The molecule has 1 unspecified atom stereocenters. The first-order chi connectivity index (χ1) is 22.7. The van der Waals surface area contributed by atoms with Gasteiger partial charge in [0, 0.05) is 16.6 Å². The van der Waals surface area contributed by atoms with Crippen LogP contribution in [0.3, 0.4) is 0 Å². The van der Waals surface area contributed by atoms with Crippen LogP contribution in [0.5, 0.6) is 0 Å². The fourth-order valence-corrected chi connectivity index (χ4v) is 7.08. The van der Waals surface area contributed by atoms with Crippen LogP contribution in [0.2, 0.25) is 0 Å². The molecular formula is C44H32N2. The van der Waals surface area contributed by atoms with Crippen LogP contribution >= 0.6 is 0 Å². The SMILES string of the molecule is C1=C(C2=CC(c3ccc4ccccc4c3)Nc3ccc(-c4ccc5ccccc5c4)cc32)C=C(c2ccc3ccccc3n2)CC1. The molecule has 1 atom stereocenters. The molecule has 1 N–H and O–H groups in total. The third kappa shape index (κ3) is 4.80. The number of benzene rings is 6. The summed E-state index contributed by atoms with van der Waals surface area (Å²) in [5, 5.41) is 10.1. The molecule has 6 aromatic carbocycles. The number of pyridine rings is 1. The van der Waals surface area contributed by atoms with E-state index in [1.807, 2.05) is 0 Å². The van der Waals surface area contributed by atoms with Crippen molar-refractivity contribution in [3.05, 3.63) is 180 Å². The van der Waals surface area contributed by atoms with Crippen molar-refractivity contribution >= 4 is 49.3 Å². The summed E-state index contributed by atoms with van der Waals surface area (Å²) >= 11 is 0. The molecule has 0 bridgehead atoms. The van der Waals surface area contributed by atoms with E-state index in [2.05, 4.69) is 163 Å².